The van der Waals surface area contributed by atoms with E-state index < -0.39 is 10.0 Å². The van der Waals surface area contributed by atoms with Crippen molar-refractivity contribution in [3.63, 3.8) is 0 Å². The average Bonchev–Trinajstić information content (AvgIpc) is 2.25. The van der Waals surface area contributed by atoms with Gasteiger partial charge in [0.05, 0.1) is 5.56 Å². The number of hydrogen-bond donors (Lipinski definition) is 1. The summed E-state index contributed by atoms with van der Waals surface area (Å²) in [6.07, 6.45) is 0. The van der Waals surface area contributed by atoms with Gasteiger partial charge in [-0.2, -0.15) is 5.26 Å². The second-order valence-corrected chi connectivity index (χ2v) is 7.38. The summed E-state index contributed by atoms with van der Waals surface area (Å²) in [7, 11) is -3.95. The highest BCUT2D eigenvalue weighted by Crippen LogP contribution is 2.37. The molecule has 0 atom stereocenters. The zero-order valence-electron chi connectivity index (χ0n) is 11.4. The van der Waals surface area contributed by atoms with Gasteiger partial charge in [-0.3, -0.25) is 0 Å². The number of nitrogens with zero attached hydrogens (tertiary/aromatic N) is 1. The Morgan fingerprint density at radius 3 is 2.11 bits per heavy atom. The third-order valence-electron chi connectivity index (χ3n) is 2.90. The van der Waals surface area contributed by atoms with Crippen LogP contribution in [0.1, 0.15) is 56.2 Å². The fourth-order valence-electron chi connectivity index (χ4n) is 2.06. The van der Waals surface area contributed by atoms with Gasteiger partial charge in [-0.1, -0.05) is 43.6 Å². The van der Waals surface area contributed by atoms with Crippen molar-refractivity contribution in [2.45, 2.75) is 44.4 Å². The molecule has 0 unspecified atom stereocenters. The number of benzene rings is 1. The lowest BCUT2D eigenvalue weighted by atomic mass is 9.92. The molecule has 0 bridgehead atoms. The zero-order chi connectivity index (χ0) is 15.0. The molecule has 4 nitrogen and oxygen atoms in total. The van der Waals surface area contributed by atoms with Gasteiger partial charge in [0, 0.05) is 4.47 Å². The maximum absolute atomic E-state index is 11.9. The van der Waals surface area contributed by atoms with Crippen molar-refractivity contribution in [2.24, 2.45) is 5.14 Å². The van der Waals surface area contributed by atoms with Gasteiger partial charge in [0.25, 0.3) is 0 Å². The van der Waals surface area contributed by atoms with E-state index >= 15 is 0 Å². The summed E-state index contributed by atoms with van der Waals surface area (Å²) < 4.78 is 24.4. The molecule has 0 saturated carbocycles. The van der Waals surface area contributed by atoms with Gasteiger partial charge in [-0.15, -0.1) is 0 Å². The number of primary sulfonamides is 1. The van der Waals surface area contributed by atoms with Gasteiger partial charge in [-0.05, 0) is 29.0 Å². The minimum Gasteiger partial charge on any atom is -0.225 e. The molecular formula is C13H17BrN2O2S. The lowest BCUT2D eigenvalue weighted by Gasteiger charge is -2.19. The van der Waals surface area contributed by atoms with Gasteiger partial charge < -0.3 is 0 Å². The van der Waals surface area contributed by atoms with E-state index in [0.717, 1.165) is 0 Å². The molecule has 1 rings (SSSR count). The van der Waals surface area contributed by atoms with Crippen molar-refractivity contribution in [1.82, 2.24) is 0 Å². The Labute approximate surface area is 122 Å². The molecule has 1 aromatic rings. The first-order chi connectivity index (χ1) is 8.61. The topological polar surface area (TPSA) is 84.0 Å². The number of nitrogens with two attached hydrogens (primary N) is 1. The van der Waals surface area contributed by atoms with Crippen LogP contribution < -0.4 is 5.14 Å². The summed E-state index contributed by atoms with van der Waals surface area (Å²) >= 11 is 3.39. The molecule has 19 heavy (non-hydrogen) atoms. The maximum atomic E-state index is 11.9. The molecule has 1 aromatic carbocycles. The molecule has 0 amide bonds. The highest BCUT2D eigenvalue weighted by molar-refractivity contribution is 9.10. The van der Waals surface area contributed by atoms with Crippen LogP contribution in [0.3, 0.4) is 0 Å². The molecule has 2 N–H and O–H groups in total. The Hall–Kier alpha value is -0.900. The van der Waals surface area contributed by atoms with Gasteiger partial charge in [0.15, 0.2) is 0 Å². The fraction of sp³-hybridized carbons (Fsp3) is 0.462. The second-order valence-electron chi connectivity index (χ2n) is 5.03. The lowest BCUT2D eigenvalue weighted by Crippen LogP contribution is -2.19. The minimum absolute atomic E-state index is 0.0349. The van der Waals surface area contributed by atoms with Crippen molar-refractivity contribution in [2.75, 3.05) is 0 Å². The summed E-state index contributed by atoms with van der Waals surface area (Å²) in [4.78, 5) is -0.0527. The van der Waals surface area contributed by atoms with E-state index in [9.17, 15) is 13.7 Å². The minimum atomic E-state index is -3.95. The van der Waals surface area contributed by atoms with Crippen LogP contribution in [-0.2, 0) is 10.0 Å². The molecule has 0 aliphatic heterocycles. The third kappa shape index (κ3) is 3.16. The van der Waals surface area contributed by atoms with Crippen LogP contribution >= 0.6 is 15.9 Å². The quantitative estimate of drug-likeness (QED) is 0.913. The van der Waals surface area contributed by atoms with Crippen LogP contribution in [0.25, 0.3) is 0 Å². The lowest BCUT2D eigenvalue weighted by molar-refractivity contribution is 0.594. The summed E-state index contributed by atoms with van der Waals surface area (Å²) in [5.74, 6) is -0.0244. The summed E-state index contributed by atoms with van der Waals surface area (Å²) in [6, 6.07) is 3.81. The SMILES string of the molecule is CC(C)c1cc(Br)c(C(C)C)c(S(N)(=O)=O)c1C#N. The van der Waals surface area contributed by atoms with E-state index in [1.807, 2.05) is 39.8 Å². The standard InChI is InChI=1S/C13H17BrN2O2S/c1-7(2)9-5-11(14)12(8(3)4)13(10(9)6-15)19(16,17)18/h5,7-8H,1-4H3,(H2,16,17,18). The van der Waals surface area contributed by atoms with E-state index in [0.29, 0.717) is 15.6 Å². The molecule has 0 spiro atoms. The smallest absolute Gasteiger partial charge is 0.225 e. The van der Waals surface area contributed by atoms with Crippen LogP contribution in [0, 0.1) is 11.3 Å². The Bertz CT molecular complexity index is 644. The fourth-order valence-corrected chi connectivity index (χ4v) is 4.20. The highest BCUT2D eigenvalue weighted by atomic mass is 79.9. The number of rotatable bonds is 3. The first-order valence-electron chi connectivity index (χ1n) is 5.90. The van der Waals surface area contributed by atoms with Crippen molar-refractivity contribution >= 4 is 26.0 Å². The van der Waals surface area contributed by atoms with Gasteiger partial charge >= 0.3 is 0 Å². The number of sulfonamides is 1. The average molecular weight is 345 g/mol. The highest BCUT2D eigenvalue weighted by Gasteiger charge is 2.27. The summed E-state index contributed by atoms with van der Waals surface area (Å²) in [5, 5.41) is 14.6. The molecule has 0 aliphatic carbocycles. The van der Waals surface area contributed by atoms with E-state index in [-0.39, 0.29) is 22.3 Å². The normalized spacial score (nSPS) is 11.9. The summed E-state index contributed by atoms with van der Waals surface area (Å²) in [5.41, 5.74) is 1.40. The van der Waals surface area contributed by atoms with Crippen LogP contribution in [0.2, 0.25) is 0 Å². The van der Waals surface area contributed by atoms with Gasteiger partial charge in [0.2, 0.25) is 10.0 Å². The number of nitriles is 1. The Morgan fingerprint density at radius 1 is 1.26 bits per heavy atom. The van der Waals surface area contributed by atoms with Crippen molar-refractivity contribution < 1.29 is 8.42 Å². The van der Waals surface area contributed by atoms with Crippen molar-refractivity contribution in [3.05, 3.63) is 27.2 Å². The number of halogens is 1. The van der Waals surface area contributed by atoms with E-state index in [1.54, 1.807) is 0 Å². The van der Waals surface area contributed by atoms with Crippen LogP contribution in [0.15, 0.2) is 15.4 Å². The Morgan fingerprint density at radius 2 is 1.79 bits per heavy atom. The monoisotopic (exact) mass is 344 g/mol. The molecule has 0 aliphatic rings. The first-order valence-corrected chi connectivity index (χ1v) is 8.24. The van der Waals surface area contributed by atoms with Crippen molar-refractivity contribution in [1.29, 1.82) is 5.26 Å². The molecule has 0 radical (unpaired) electrons. The zero-order valence-corrected chi connectivity index (χ0v) is 13.8. The first kappa shape index (κ1) is 16.2. The van der Waals surface area contributed by atoms with Gasteiger partial charge in [0.1, 0.15) is 11.0 Å². The molecular weight excluding hydrogens is 328 g/mol. The maximum Gasteiger partial charge on any atom is 0.239 e. The molecule has 104 valence electrons. The van der Waals surface area contributed by atoms with E-state index in [2.05, 4.69) is 15.9 Å². The van der Waals surface area contributed by atoms with E-state index in [1.165, 1.54) is 0 Å². The van der Waals surface area contributed by atoms with Crippen molar-refractivity contribution in [3.8, 4) is 6.07 Å². The molecule has 6 heteroatoms. The van der Waals surface area contributed by atoms with Gasteiger partial charge in [-0.25, -0.2) is 13.6 Å². The summed E-state index contributed by atoms with van der Waals surface area (Å²) in [6.45, 7) is 7.55. The molecule has 0 fully saturated rings. The molecule has 0 saturated heterocycles. The predicted molar refractivity (Wildman–Crippen MR) is 78.4 cm³/mol. The molecule has 0 heterocycles. The Balaban J connectivity index is 3.97. The predicted octanol–water partition coefficient (Wildman–Crippen LogP) is 3.21. The largest absolute Gasteiger partial charge is 0.239 e. The Kier molecular flexibility index (Phi) is 4.77. The molecule has 0 aromatic heterocycles. The van der Waals surface area contributed by atoms with Crippen LogP contribution in [0.5, 0.6) is 0 Å². The van der Waals surface area contributed by atoms with Crippen LogP contribution in [-0.4, -0.2) is 8.42 Å². The van der Waals surface area contributed by atoms with Crippen LogP contribution in [0.4, 0.5) is 0 Å². The second kappa shape index (κ2) is 5.61. The third-order valence-corrected chi connectivity index (χ3v) is 4.54. The van der Waals surface area contributed by atoms with E-state index in [4.69, 9.17) is 5.14 Å². The number of hydrogen-bond acceptors (Lipinski definition) is 3.